The van der Waals surface area contributed by atoms with E-state index in [2.05, 4.69) is 23.5 Å². The summed E-state index contributed by atoms with van der Waals surface area (Å²) in [5.41, 5.74) is 6.46. The van der Waals surface area contributed by atoms with Gasteiger partial charge < -0.3 is 10.2 Å². The van der Waals surface area contributed by atoms with Gasteiger partial charge in [0, 0.05) is 5.56 Å². The van der Waals surface area contributed by atoms with E-state index in [-0.39, 0.29) is 0 Å². The van der Waals surface area contributed by atoms with Crippen molar-refractivity contribution in [2.24, 2.45) is 5.10 Å². The van der Waals surface area contributed by atoms with Crippen LogP contribution in [0.15, 0.2) is 53.6 Å². The van der Waals surface area contributed by atoms with E-state index < -0.39 is 0 Å². The fourth-order valence-corrected chi connectivity index (χ4v) is 1.83. The Hall–Kier alpha value is -2.29. The number of methoxy groups -OCH3 is 1. The van der Waals surface area contributed by atoms with Crippen LogP contribution in [0.1, 0.15) is 16.7 Å². The van der Waals surface area contributed by atoms with E-state index in [1.54, 1.807) is 7.11 Å². The van der Waals surface area contributed by atoms with Gasteiger partial charge in [-0.25, -0.2) is 0 Å². The third-order valence-corrected chi connectivity index (χ3v) is 2.95. The average molecular weight is 254 g/mol. The number of hydrogen-bond donors (Lipinski definition) is 1. The second-order valence-electron chi connectivity index (χ2n) is 4.26. The molecule has 0 fully saturated rings. The van der Waals surface area contributed by atoms with E-state index in [4.69, 9.17) is 4.74 Å². The first kappa shape index (κ1) is 13.1. The smallest absolute Gasteiger partial charge is 0.123 e. The lowest BCUT2D eigenvalue weighted by molar-refractivity contribution is 0.408. The molecular weight excluding hydrogens is 236 g/mol. The predicted octanol–water partition coefficient (Wildman–Crippen LogP) is 3.13. The molecule has 0 aliphatic carbocycles. The molecule has 0 bridgehead atoms. The Morgan fingerprint density at radius 1 is 1.11 bits per heavy atom. The Bertz CT molecular complexity index is 564. The molecule has 0 radical (unpaired) electrons. The van der Waals surface area contributed by atoms with Crippen LogP contribution in [0.3, 0.4) is 0 Å². The van der Waals surface area contributed by atoms with Crippen LogP contribution in [0.2, 0.25) is 0 Å². The summed E-state index contributed by atoms with van der Waals surface area (Å²) >= 11 is 0. The predicted molar refractivity (Wildman–Crippen MR) is 78.6 cm³/mol. The molecule has 0 aromatic heterocycles. The lowest BCUT2D eigenvalue weighted by Crippen LogP contribution is -2.07. The second-order valence-corrected chi connectivity index (χ2v) is 4.26. The standard InChI is InChI=1S/C16H18N2O/c1-13-7-3-4-8-14(13)11-17-18-12-15-9-5-6-10-16(15)19-2/h3-11,18H,12H2,1-2H3/b17-11-. The summed E-state index contributed by atoms with van der Waals surface area (Å²) in [4.78, 5) is 0. The zero-order valence-electron chi connectivity index (χ0n) is 11.3. The SMILES string of the molecule is COc1ccccc1CN/N=C\c1ccccc1C. The molecule has 0 amide bonds. The third kappa shape index (κ3) is 3.58. The Morgan fingerprint density at radius 3 is 2.63 bits per heavy atom. The number of benzene rings is 2. The Labute approximate surface area is 113 Å². The topological polar surface area (TPSA) is 33.6 Å². The fourth-order valence-electron chi connectivity index (χ4n) is 1.83. The molecule has 0 heterocycles. The van der Waals surface area contributed by atoms with Gasteiger partial charge in [-0.1, -0.05) is 42.5 Å². The van der Waals surface area contributed by atoms with Gasteiger partial charge >= 0.3 is 0 Å². The molecular formula is C16H18N2O. The van der Waals surface area contributed by atoms with Crippen LogP contribution in [0.5, 0.6) is 5.75 Å². The van der Waals surface area contributed by atoms with Crippen molar-refractivity contribution in [2.75, 3.05) is 7.11 Å². The maximum atomic E-state index is 5.29. The van der Waals surface area contributed by atoms with Crippen LogP contribution in [0.4, 0.5) is 0 Å². The average Bonchev–Trinajstić information content (AvgIpc) is 2.45. The van der Waals surface area contributed by atoms with Crippen LogP contribution < -0.4 is 10.2 Å². The number of nitrogens with one attached hydrogen (secondary N) is 1. The number of para-hydroxylation sites is 1. The molecule has 3 heteroatoms. The lowest BCUT2D eigenvalue weighted by Gasteiger charge is -2.07. The fraction of sp³-hybridized carbons (Fsp3) is 0.188. The number of aryl methyl sites for hydroxylation is 1. The highest BCUT2D eigenvalue weighted by atomic mass is 16.5. The van der Waals surface area contributed by atoms with E-state index in [1.165, 1.54) is 5.56 Å². The van der Waals surface area contributed by atoms with Crippen molar-refractivity contribution in [3.8, 4) is 5.75 Å². The minimum Gasteiger partial charge on any atom is -0.496 e. The number of hydrogen-bond acceptors (Lipinski definition) is 3. The van der Waals surface area contributed by atoms with Crippen LogP contribution in [-0.4, -0.2) is 13.3 Å². The van der Waals surface area contributed by atoms with E-state index in [9.17, 15) is 0 Å². The number of ether oxygens (including phenoxy) is 1. The van der Waals surface area contributed by atoms with Crippen molar-refractivity contribution >= 4 is 6.21 Å². The zero-order valence-corrected chi connectivity index (χ0v) is 11.3. The van der Waals surface area contributed by atoms with E-state index in [1.807, 2.05) is 48.7 Å². The summed E-state index contributed by atoms with van der Waals surface area (Å²) in [5.74, 6) is 0.876. The van der Waals surface area contributed by atoms with Crippen molar-refractivity contribution in [3.05, 3.63) is 65.2 Å². The molecule has 0 spiro atoms. The number of nitrogens with zero attached hydrogens (tertiary/aromatic N) is 1. The van der Waals surface area contributed by atoms with E-state index >= 15 is 0 Å². The van der Waals surface area contributed by atoms with Crippen molar-refractivity contribution in [3.63, 3.8) is 0 Å². The highest BCUT2D eigenvalue weighted by molar-refractivity contribution is 5.81. The number of rotatable bonds is 5. The van der Waals surface area contributed by atoms with Crippen molar-refractivity contribution in [2.45, 2.75) is 13.5 Å². The third-order valence-electron chi connectivity index (χ3n) is 2.95. The summed E-state index contributed by atoms with van der Waals surface area (Å²) < 4.78 is 5.29. The van der Waals surface area contributed by atoms with Gasteiger partial charge in [-0.05, 0) is 24.1 Å². The molecule has 2 aromatic rings. The Morgan fingerprint density at radius 2 is 1.84 bits per heavy atom. The van der Waals surface area contributed by atoms with Gasteiger partial charge in [0.2, 0.25) is 0 Å². The molecule has 19 heavy (non-hydrogen) atoms. The molecule has 0 unspecified atom stereocenters. The molecule has 3 nitrogen and oxygen atoms in total. The molecule has 0 aliphatic heterocycles. The summed E-state index contributed by atoms with van der Waals surface area (Å²) in [6.45, 7) is 2.72. The van der Waals surface area contributed by atoms with Gasteiger partial charge in [0.15, 0.2) is 0 Å². The Kier molecular flexibility index (Phi) is 4.56. The zero-order chi connectivity index (χ0) is 13.5. The molecule has 0 aliphatic rings. The van der Waals surface area contributed by atoms with Crippen LogP contribution >= 0.6 is 0 Å². The normalized spacial score (nSPS) is 10.6. The van der Waals surface area contributed by atoms with Gasteiger partial charge in [-0.2, -0.15) is 5.10 Å². The maximum absolute atomic E-state index is 5.29. The van der Waals surface area contributed by atoms with Crippen LogP contribution in [0, 0.1) is 6.92 Å². The van der Waals surface area contributed by atoms with Gasteiger partial charge in [0.1, 0.15) is 5.75 Å². The molecule has 2 rings (SSSR count). The second kappa shape index (κ2) is 6.59. The van der Waals surface area contributed by atoms with Gasteiger partial charge in [0.05, 0.1) is 19.9 Å². The van der Waals surface area contributed by atoms with E-state index in [0.29, 0.717) is 6.54 Å². The molecule has 2 aromatic carbocycles. The highest BCUT2D eigenvalue weighted by Gasteiger charge is 1.99. The first-order valence-corrected chi connectivity index (χ1v) is 6.24. The minimum absolute atomic E-state index is 0.645. The largest absolute Gasteiger partial charge is 0.496 e. The summed E-state index contributed by atoms with van der Waals surface area (Å²) in [6.07, 6.45) is 1.84. The van der Waals surface area contributed by atoms with Gasteiger partial charge in [-0.15, -0.1) is 0 Å². The maximum Gasteiger partial charge on any atom is 0.123 e. The highest BCUT2D eigenvalue weighted by Crippen LogP contribution is 2.16. The summed E-state index contributed by atoms with van der Waals surface area (Å²) in [5, 5.41) is 4.24. The van der Waals surface area contributed by atoms with Gasteiger partial charge in [-0.3, -0.25) is 0 Å². The quantitative estimate of drug-likeness (QED) is 0.657. The molecule has 0 saturated heterocycles. The van der Waals surface area contributed by atoms with Gasteiger partial charge in [0.25, 0.3) is 0 Å². The van der Waals surface area contributed by atoms with E-state index in [0.717, 1.165) is 16.9 Å². The van der Waals surface area contributed by atoms with Crippen LogP contribution in [-0.2, 0) is 6.54 Å². The number of hydrazone groups is 1. The summed E-state index contributed by atoms with van der Waals surface area (Å²) in [7, 11) is 1.68. The minimum atomic E-state index is 0.645. The molecule has 98 valence electrons. The first-order valence-electron chi connectivity index (χ1n) is 6.24. The molecule has 0 saturated carbocycles. The lowest BCUT2D eigenvalue weighted by atomic mass is 10.1. The van der Waals surface area contributed by atoms with Crippen LogP contribution in [0.25, 0.3) is 0 Å². The Balaban J connectivity index is 1.95. The van der Waals surface area contributed by atoms with Crippen molar-refractivity contribution in [1.82, 2.24) is 5.43 Å². The first-order chi connectivity index (χ1) is 9.31. The summed E-state index contributed by atoms with van der Waals surface area (Å²) in [6, 6.07) is 16.1. The van der Waals surface area contributed by atoms with Crippen molar-refractivity contribution < 1.29 is 4.74 Å². The molecule has 0 atom stereocenters. The monoisotopic (exact) mass is 254 g/mol. The van der Waals surface area contributed by atoms with Crippen molar-refractivity contribution in [1.29, 1.82) is 0 Å². The molecule has 1 N–H and O–H groups in total.